The highest BCUT2D eigenvalue weighted by molar-refractivity contribution is 6.09. The topological polar surface area (TPSA) is 87.7 Å². The molecular weight excluding hydrogens is 391 g/mol. The second-order valence-corrected chi connectivity index (χ2v) is 6.93. The molecule has 0 aromatic heterocycles. The minimum atomic E-state index is -4.83. The first kappa shape index (κ1) is 22.5. The van der Waals surface area contributed by atoms with Gasteiger partial charge in [0.1, 0.15) is 17.8 Å². The fourth-order valence-corrected chi connectivity index (χ4v) is 3.01. The maximum absolute atomic E-state index is 12.8. The molecule has 1 aliphatic rings. The van der Waals surface area contributed by atoms with E-state index < -0.39 is 42.0 Å². The summed E-state index contributed by atoms with van der Waals surface area (Å²) in [5, 5.41) is 5.17. The summed E-state index contributed by atoms with van der Waals surface area (Å²) in [4.78, 5) is 37.8. The predicted molar refractivity (Wildman–Crippen MR) is 97.9 cm³/mol. The van der Waals surface area contributed by atoms with Crippen LogP contribution in [0.4, 0.5) is 18.0 Å². The average Bonchev–Trinajstić information content (AvgIpc) is 2.85. The normalized spacial score (nSPS) is 19.3. The van der Waals surface area contributed by atoms with Crippen LogP contribution in [-0.2, 0) is 15.1 Å². The van der Waals surface area contributed by atoms with Crippen LogP contribution >= 0.6 is 0 Å². The van der Waals surface area contributed by atoms with Gasteiger partial charge in [0.05, 0.1) is 0 Å². The van der Waals surface area contributed by atoms with Crippen molar-refractivity contribution in [1.29, 1.82) is 0 Å². The molecule has 2 N–H and O–H groups in total. The zero-order chi connectivity index (χ0) is 21.7. The Hall–Kier alpha value is -2.78. The van der Waals surface area contributed by atoms with Gasteiger partial charge in [-0.15, -0.1) is 13.2 Å². The zero-order valence-electron chi connectivity index (χ0n) is 16.3. The number of rotatable bonds is 9. The number of alkyl halides is 3. The highest BCUT2D eigenvalue weighted by Crippen LogP contribution is 2.31. The highest BCUT2D eigenvalue weighted by atomic mass is 19.4. The van der Waals surface area contributed by atoms with Crippen molar-refractivity contribution in [2.75, 3.05) is 13.1 Å². The third-order valence-electron chi connectivity index (χ3n) is 4.59. The van der Waals surface area contributed by atoms with Gasteiger partial charge in [-0.25, -0.2) is 4.79 Å². The smallest absolute Gasteiger partial charge is 0.406 e. The van der Waals surface area contributed by atoms with Gasteiger partial charge in [0.2, 0.25) is 5.91 Å². The van der Waals surface area contributed by atoms with Crippen LogP contribution in [-0.4, -0.2) is 42.2 Å². The van der Waals surface area contributed by atoms with E-state index in [2.05, 4.69) is 22.3 Å². The molecule has 160 valence electrons. The number of hydrogen-bond donors (Lipinski definition) is 2. The van der Waals surface area contributed by atoms with E-state index in [9.17, 15) is 27.6 Å². The molecule has 1 aromatic carbocycles. The largest absolute Gasteiger partial charge is 0.573 e. The fraction of sp³-hybridized carbons (Fsp3) is 0.526. The number of benzene rings is 1. The molecule has 1 atom stereocenters. The second kappa shape index (κ2) is 9.15. The molecule has 2 rings (SSSR count). The number of halogens is 3. The van der Waals surface area contributed by atoms with E-state index in [0.29, 0.717) is 6.54 Å². The molecule has 0 radical (unpaired) electrons. The summed E-state index contributed by atoms with van der Waals surface area (Å²) in [6.45, 7) is 3.53. The summed E-state index contributed by atoms with van der Waals surface area (Å²) in [5.74, 6) is -1.56. The van der Waals surface area contributed by atoms with Crippen molar-refractivity contribution in [2.45, 2.75) is 51.4 Å². The van der Waals surface area contributed by atoms with Crippen LogP contribution in [0.1, 0.15) is 45.1 Å². The van der Waals surface area contributed by atoms with Crippen LogP contribution in [0.5, 0.6) is 5.75 Å². The number of imide groups is 1. The van der Waals surface area contributed by atoms with Crippen molar-refractivity contribution >= 4 is 17.8 Å². The van der Waals surface area contributed by atoms with Gasteiger partial charge in [-0.1, -0.05) is 38.3 Å². The molecule has 1 aromatic rings. The molecule has 1 saturated heterocycles. The number of ether oxygens (including phenoxy) is 1. The molecule has 0 saturated carbocycles. The van der Waals surface area contributed by atoms with Crippen LogP contribution in [0.25, 0.3) is 0 Å². The summed E-state index contributed by atoms with van der Waals surface area (Å²) in [5.41, 5.74) is -1.22. The SMILES string of the molecule is CCCCCCNC(=O)CN1C(=O)NC(C)(c2ccc(OC(F)(F)F)cc2)C1=O. The molecule has 0 spiro atoms. The number of carbonyl (C=O) groups excluding carboxylic acids is 3. The van der Waals surface area contributed by atoms with Gasteiger partial charge >= 0.3 is 12.4 Å². The van der Waals surface area contributed by atoms with Crippen molar-refractivity contribution in [3.63, 3.8) is 0 Å². The molecule has 4 amide bonds. The number of nitrogens with one attached hydrogen (secondary N) is 2. The Labute approximate surface area is 166 Å². The first-order valence-electron chi connectivity index (χ1n) is 9.34. The van der Waals surface area contributed by atoms with Crippen molar-refractivity contribution < 1.29 is 32.3 Å². The summed E-state index contributed by atoms with van der Waals surface area (Å²) in [6, 6.07) is 3.89. The summed E-state index contributed by atoms with van der Waals surface area (Å²) in [6.07, 6.45) is -0.911. The minimum Gasteiger partial charge on any atom is -0.406 e. The van der Waals surface area contributed by atoms with Gasteiger partial charge in [-0.3, -0.25) is 14.5 Å². The highest BCUT2D eigenvalue weighted by Gasteiger charge is 2.49. The second-order valence-electron chi connectivity index (χ2n) is 6.93. The van der Waals surface area contributed by atoms with E-state index in [0.717, 1.165) is 42.7 Å². The minimum absolute atomic E-state index is 0.271. The van der Waals surface area contributed by atoms with E-state index >= 15 is 0 Å². The molecule has 29 heavy (non-hydrogen) atoms. The van der Waals surface area contributed by atoms with E-state index in [1.165, 1.54) is 19.1 Å². The first-order chi connectivity index (χ1) is 13.6. The Morgan fingerprint density at radius 1 is 1.17 bits per heavy atom. The lowest BCUT2D eigenvalue weighted by atomic mass is 9.92. The molecule has 10 heteroatoms. The van der Waals surface area contributed by atoms with Gasteiger partial charge < -0.3 is 15.4 Å². The van der Waals surface area contributed by atoms with Gasteiger partial charge in [-0.2, -0.15) is 0 Å². The number of hydrogen-bond acceptors (Lipinski definition) is 4. The number of carbonyl (C=O) groups is 3. The summed E-state index contributed by atoms with van der Waals surface area (Å²) in [7, 11) is 0. The number of unbranched alkanes of at least 4 members (excludes halogenated alkanes) is 3. The molecule has 0 bridgehead atoms. The van der Waals surface area contributed by atoms with Crippen LogP contribution in [0, 0.1) is 0 Å². The van der Waals surface area contributed by atoms with Crippen molar-refractivity contribution in [3.05, 3.63) is 29.8 Å². The molecule has 1 aliphatic heterocycles. The Balaban J connectivity index is 2.00. The van der Waals surface area contributed by atoms with E-state index in [1.807, 2.05) is 0 Å². The number of amides is 4. The predicted octanol–water partition coefficient (Wildman–Crippen LogP) is 3.05. The maximum atomic E-state index is 12.8. The summed E-state index contributed by atoms with van der Waals surface area (Å²) >= 11 is 0. The van der Waals surface area contributed by atoms with Gasteiger partial charge in [-0.05, 0) is 31.0 Å². The maximum Gasteiger partial charge on any atom is 0.573 e. The Morgan fingerprint density at radius 2 is 1.83 bits per heavy atom. The summed E-state index contributed by atoms with van der Waals surface area (Å²) < 4.78 is 40.6. The quantitative estimate of drug-likeness (QED) is 0.479. The fourth-order valence-electron chi connectivity index (χ4n) is 3.01. The average molecular weight is 415 g/mol. The van der Waals surface area contributed by atoms with Crippen LogP contribution < -0.4 is 15.4 Å². The lowest BCUT2D eigenvalue weighted by Gasteiger charge is -2.22. The molecule has 1 heterocycles. The van der Waals surface area contributed by atoms with Crippen molar-refractivity contribution in [2.24, 2.45) is 0 Å². The molecule has 1 unspecified atom stereocenters. The Bertz CT molecular complexity index is 752. The standard InChI is InChI=1S/C19H24F3N3O4/c1-3-4-5-6-11-23-15(26)12-25-16(27)18(2,24-17(25)28)13-7-9-14(10-8-13)29-19(20,21)22/h7-10H,3-6,11-12H2,1-2H3,(H,23,26)(H,24,28). The number of urea groups is 1. The molecule has 7 nitrogen and oxygen atoms in total. The first-order valence-corrected chi connectivity index (χ1v) is 9.34. The van der Waals surface area contributed by atoms with Crippen molar-refractivity contribution in [1.82, 2.24) is 15.5 Å². The van der Waals surface area contributed by atoms with Crippen LogP contribution in [0.15, 0.2) is 24.3 Å². The van der Waals surface area contributed by atoms with E-state index in [-0.39, 0.29) is 5.56 Å². The van der Waals surface area contributed by atoms with Gasteiger partial charge in [0, 0.05) is 6.54 Å². The van der Waals surface area contributed by atoms with Gasteiger partial charge in [0.15, 0.2) is 0 Å². The van der Waals surface area contributed by atoms with Crippen LogP contribution in [0.2, 0.25) is 0 Å². The van der Waals surface area contributed by atoms with E-state index in [1.54, 1.807) is 0 Å². The lowest BCUT2D eigenvalue weighted by molar-refractivity contribution is -0.274. The third kappa shape index (κ3) is 5.85. The van der Waals surface area contributed by atoms with Gasteiger partial charge in [0.25, 0.3) is 5.91 Å². The van der Waals surface area contributed by atoms with E-state index in [4.69, 9.17) is 0 Å². The number of nitrogens with zero attached hydrogens (tertiary/aromatic N) is 1. The lowest BCUT2D eigenvalue weighted by Crippen LogP contribution is -2.43. The molecule has 0 aliphatic carbocycles. The zero-order valence-corrected chi connectivity index (χ0v) is 16.3. The third-order valence-corrected chi connectivity index (χ3v) is 4.59. The molecular formula is C19H24F3N3O4. The van der Waals surface area contributed by atoms with Crippen LogP contribution in [0.3, 0.4) is 0 Å². The Kier molecular flexibility index (Phi) is 7.10. The molecule has 1 fully saturated rings. The Morgan fingerprint density at radius 3 is 2.41 bits per heavy atom. The monoisotopic (exact) mass is 415 g/mol. The van der Waals surface area contributed by atoms with Crippen molar-refractivity contribution in [3.8, 4) is 5.75 Å².